The van der Waals surface area contributed by atoms with E-state index < -0.39 is 12.0 Å². The summed E-state index contributed by atoms with van der Waals surface area (Å²) >= 11 is 1.33. The monoisotopic (exact) mass is 446 g/mol. The quantitative estimate of drug-likeness (QED) is 0.577. The Morgan fingerprint density at radius 3 is 2.34 bits per heavy atom. The maximum atomic E-state index is 13.5. The highest BCUT2D eigenvalue weighted by Gasteiger charge is 2.32. The van der Waals surface area contributed by atoms with Gasteiger partial charge in [-0.1, -0.05) is 86.7 Å². The molecule has 0 amide bonds. The number of rotatable bonds is 3. The molecule has 4 rings (SSSR count). The first kappa shape index (κ1) is 22.0. The zero-order valence-corrected chi connectivity index (χ0v) is 19.7. The number of esters is 1. The number of aromatic nitrogens is 1. The number of carbonyl (C=O) groups is 1. The molecule has 0 aliphatic carbocycles. The summed E-state index contributed by atoms with van der Waals surface area (Å²) in [6.07, 6.45) is 1.88. The number of thiazole rings is 1. The van der Waals surface area contributed by atoms with Crippen LogP contribution in [-0.4, -0.2) is 17.6 Å². The lowest BCUT2D eigenvalue weighted by Gasteiger charge is -2.24. The Hall–Kier alpha value is -3.25. The second kappa shape index (κ2) is 8.36. The molecule has 0 radical (unpaired) electrons. The Morgan fingerprint density at radius 2 is 1.75 bits per heavy atom. The van der Waals surface area contributed by atoms with Gasteiger partial charge in [0.15, 0.2) is 4.80 Å². The standard InChI is InChI=1S/C26H26N2O3S/c1-16-21(24(30)31-5)22(18-9-7-6-8-10-18)28-23(29)20(32-25(28)27-16)15-17-11-13-19(14-12-17)26(2,3)4/h6-15,22H,1-5H3/t22-/m1/s1. The Bertz CT molecular complexity index is 1370. The van der Waals surface area contributed by atoms with Crippen LogP contribution in [-0.2, 0) is 14.9 Å². The van der Waals surface area contributed by atoms with Crippen LogP contribution < -0.4 is 14.9 Å². The number of ether oxygens (including phenoxy) is 1. The molecule has 1 aliphatic heterocycles. The molecule has 2 aromatic carbocycles. The third kappa shape index (κ3) is 3.98. The van der Waals surface area contributed by atoms with Crippen LogP contribution in [0.3, 0.4) is 0 Å². The van der Waals surface area contributed by atoms with Gasteiger partial charge >= 0.3 is 5.97 Å². The summed E-state index contributed by atoms with van der Waals surface area (Å²) in [6.45, 7) is 8.30. The normalized spacial score (nSPS) is 16.5. The molecule has 2 heterocycles. The average Bonchev–Trinajstić information content (AvgIpc) is 3.07. The summed E-state index contributed by atoms with van der Waals surface area (Å²) in [7, 11) is 1.34. The van der Waals surface area contributed by atoms with Crippen molar-refractivity contribution in [3.05, 3.63) is 102 Å². The molecule has 164 valence electrons. The first-order valence-corrected chi connectivity index (χ1v) is 11.3. The molecule has 1 aliphatic rings. The minimum absolute atomic E-state index is 0.0648. The van der Waals surface area contributed by atoms with E-state index in [1.54, 1.807) is 11.5 Å². The van der Waals surface area contributed by atoms with Crippen molar-refractivity contribution in [1.29, 1.82) is 0 Å². The molecule has 0 N–H and O–H groups in total. The summed E-state index contributed by atoms with van der Waals surface area (Å²) < 4.78 is 7.21. The lowest BCUT2D eigenvalue weighted by Crippen LogP contribution is -2.39. The molecule has 0 bridgehead atoms. The molecular weight excluding hydrogens is 420 g/mol. The van der Waals surface area contributed by atoms with Crippen molar-refractivity contribution in [2.24, 2.45) is 4.99 Å². The third-order valence-electron chi connectivity index (χ3n) is 5.62. The SMILES string of the molecule is COC(=O)C1=C(C)N=c2sc(=Cc3ccc(C(C)(C)C)cc3)c(=O)n2[C@@H]1c1ccccc1. The Balaban J connectivity index is 1.89. The largest absolute Gasteiger partial charge is 0.466 e. The van der Waals surface area contributed by atoms with E-state index in [1.807, 2.05) is 48.5 Å². The van der Waals surface area contributed by atoms with Crippen LogP contribution in [0.25, 0.3) is 6.08 Å². The van der Waals surface area contributed by atoms with Gasteiger partial charge in [0.25, 0.3) is 5.56 Å². The number of methoxy groups -OCH3 is 1. The molecular formula is C26H26N2O3S. The maximum Gasteiger partial charge on any atom is 0.338 e. The van der Waals surface area contributed by atoms with E-state index in [9.17, 15) is 9.59 Å². The van der Waals surface area contributed by atoms with E-state index in [-0.39, 0.29) is 11.0 Å². The fraction of sp³-hybridized carbons (Fsp3) is 0.269. The van der Waals surface area contributed by atoms with Crippen molar-refractivity contribution in [2.75, 3.05) is 7.11 Å². The fourth-order valence-electron chi connectivity index (χ4n) is 3.87. The van der Waals surface area contributed by atoms with Crippen molar-refractivity contribution >= 4 is 23.4 Å². The van der Waals surface area contributed by atoms with Crippen molar-refractivity contribution < 1.29 is 9.53 Å². The van der Waals surface area contributed by atoms with Gasteiger partial charge < -0.3 is 4.74 Å². The van der Waals surface area contributed by atoms with Gasteiger partial charge in [-0.25, -0.2) is 9.79 Å². The minimum Gasteiger partial charge on any atom is -0.466 e. The molecule has 0 saturated heterocycles. The Labute approximate surface area is 191 Å². The van der Waals surface area contributed by atoms with Crippen LogP contribution in [0, 0.1) is 0 Å². The number of hydrogen-bond donors (Lipinski definition) is 0. The van der Waals surface area contributed by atoms with E-state index in [1.165, 1.54) is 24.0 Å². The first-order valence-electron chi connectivity index (χ1n) is 10.5. The van der Waals surface area contributed by atoms with Crippen molar-refractivity contribution in [3.63, 3.8) is 0 Å². The zero-order chi connectivity index (χ0) is 23.0. The number of nitrogens with zero attached hydrogens (tertiary/aromatic N) is 2. The fourth-order valence-corrected chi connectivity index (χ4v) is 4.92. The number of allylic oxidation sites excluding steroid dienone is 1. The Kier molecular flexibility index (Phi) is 5.73. The maximum absolute atomic E-state index is 13.5. The average molecular weight is 447 g/mol. The Morgan fingerprint density at radius 1 is 1.09 bits per heavy atom. The van der Waals surface area contributed by atoms with Gasteiger partial charge in [0, 0.05) is 0 Å². The summed E-state index contributed by atoms with van der Waals surface area (Å²) in [5.41, 5.74) is 3.86. The van der Waals surface area contributed by atoms with E-state index in [0.29, 0.717) is 20.6 Å². The third-order valence-corrected chi connectivity index (χ3v) is 6.60. The van der Waals surface area contributed by atoms with Gasteiger partial charge in [-0.3, -0.25) is 9.36 Å². The van der Waals surface area contributed by atoms with Gasteiger partial charge in [-0.2, -0.15) is 0 Å². The first-order chi connectivity index (χ1) is 15.2. The topological polar surface area (TPSA) is 60.7 Å². The van der Waals surface area contributed by atoms with Crippen LogP contribution >= 0.6 is 11.3 Å². The molecule has 1 aromatic heterocycles. The van der Waals surface area contributed by atoms with E-state index in [4.69, 9.17) is 4.74 Å². The molecule has 0 saturated carbocycles. The van der Waals surface area contributed by atoms with E-state index in [2.05, 4.69) is 37.9 Å². The molecule has 32 heavy (non-hydrogen) atoms. The molecule has 6 heteroatoms. The van der Waals surface area contributed by atoms with Crippen LogP contribution in [0.2, 0.25) is 0 Å². The van der Waals surface area contributed by atoms with Crippen molar-refractivity contribution in [1.82, 2.24) is 4.57 Å². The van der Waals surface area contributed by atoms with Crippen LogP contribution in [0.1, 0.15) is 50.4 Å². The summed E-state index contributed by atoms with van der Waals surface area (Å²) in [5, 5.41) is 0. The van der Waals surface area contributed by atoms with Gasteiger partial charge in [0.05, 0.1) is 29.0 Å². The molecule has 5 nitrogen and oxygen atoms in total. The number of hydrogen-bond acceptors (Lipinski definition) is 5. The highest BCUT2D eigenvalue weighted by molar-refractivity contribution is 7.07. The summed E-state index contributed by atoms with van der Waals surface area (Å²) in [6, 6.07) is 17.2. The van der Waals surface area contributed by atoms with E-state index in [0.717, 1.165) is 11.1 Å². The minimum atomic E-state index is -0.578. The second-order valence-corrected chi connectivity index (χ2v) is 9.87. The summed E-state index contributed by atoms with van der Waals surface area (Å²) in [4.78, 5) is 31.3. The van der Waals surface area contributed by atoms with Gasteiger partial charge in [-0.15, -0.1) is 0 Å². The number of fused-ring (bicyclic) bond motifs is 1. The lowest BCUT2D eigenvalue weighted by molar-refractivity contribution is -0.136. The van der Waals surface area contributed by atoms with Gasteiger partial charge in [0.2, 0.25) is 0 Å². The molecule has 0 spiro atoms. The van der Waals surface area contributed by atoms with Crippen molar-refractivity contribution in [2.45, 2.75) is 39.2 Å². The van der Waals surface area contributed by atoms with Gasteiger partial charge in [-0.05, 0) is 35.1 Å². The van der Waals surface area contributed by atoms with Crippen molar-refractivity contribution in [3.8, 4) is 0 Å². The highest BCUT2D eigenvalue weighted by Crippen LogP contribution is 2.30. The molecule has 0 fully saturated rings. The molecule has 0 unspecified atom stereocenters. The van der Waals surface area contributed by atoms with Crippen LogP contribution in [0.5, 0.6) is 0 Å². The van der Waals surface area contributed by atoms with E-state index >= 15 is 0 Å². The number of benzene rings is 2. The zero-order valence-electron chi connectivity index (χ0n) is 18.9. The summed E-state index contributed by atoms with van der Waals surface area (Å²) in [5.74, 6) is -0.479. The highest BCUT2D eigenvalue weighted by atomic mass is 32.1. The molecule has 3 aromatic rings. The predicted octanol–water partition coefficient (Wildman–Crippen LogP) is 3.71. The number of carbonyl (C=O) groups excluding carboxylic acids is 1. The molecule has 1 atom stereocenters. The van der Waals surface area contributed by atoms with Crippen LogP contribution in [0.15, 0.2) is 75.7 Å². The second-order valence-electron chi connectivity index (χ2n) is 8.86. The van der Waals surface area contributed by atoms with Crippen LogP contribution in [0.4, 0.5) is 0 Å². The predicted molar refractivity (Wildman–Crippen MR) is 127 cm³/mol. The smallest absolute Gasteiger partial charge is 0.338 e. The lowest BCUT2D eigenvalue weighted by atomic mass is 9.87. The van der Waals surface area contributed by atoms with Gasteiger partial charge in [0.1, 0.15) is 0 Å².